The summed E-state index contributed by atoms with van der Waals surface area (Å²) in [6, 6.07) is 0. The Morgan fingerprint density at radius 1 is 0.455 bits per heavy atom. The minimum Gasteiger partial charge on any atom is -0.0625 e. The lowest BCUT2D eigenvalue weighted by atomic mass is 9.60. The Balaban J connectivity index is 1.53. The standard InChI is InChI=1S/C22H40/c1-15-5-7-19(8-6-15)22-10-9-20(14-18(22)4)21-12-16(2)11-17(3)13-21/h15-22H,5-14H2,1-4H3. The van der Waals surface area contributed by atoms with Gasteiger partial charge in [0.1, 0.15) is 0 Å². The molecule has 3 aliphatic rings. The third-order valence-corrected chi connectivity index (χ3v) is 7.82. The van der Waals surface area contributed by atoms with Gasteiger partial charge in [0.15, 0.2) is 0 Å². The molecular formula is C22H40. The number of hydrogen-bond acceptors (Lipinski definition) is 0. The Hall–Kier alpha value is 0. The van der Waals surface area contributed by atoms with E-state index in [9.17, 15) is 0 Å². The molecule has 3 saturated carbocycles. The van der Waals surface area contributed by atoms with Crippen LogP contribution in [0.15, 0.2) is 0 Å². The zero-order valence-corrected chi connectivity index (χ0v) is 15.7. The quantitative estimate of drug-likeness (QED) is 0.518. The van der Waals surface area contributed by atoms with E-state index in [1.165, 1.54) is 32.1 Å². The van der Waals surface area contributed by atoms with Crippen molar-refractivity contribution < 1.29 is 0 Å². The second kappa shape index (κ2) is 7.27. The van der Waals surface area contributed by atoms with Gasteiger partial charge in [0.05, 0.1) is 0 Å². The molecule has 0 aliphatic heterocycles. The third kappa shape index (κ3) is 3.90. The number of rotatable bonds is 2. The monoisotopic (exact) mass is 304 g/mol. The molecule has 0 amide bonds. The summed E-state index contributed by atoms with van der Waals surface area (Å²) >= 11 is 0. The van der Waals surface area contributed by atoms with Crippen molar-refractivity contribution in [3.8, 4) is 0 Å². The van der Waals surface area contributed by atoms with E-state index in [-0.39, 0.29) is 0 Å². The summed E-state index contributed by atoms with van der Waals surface area (Å²) in [5.74, 6) is 8.27. The molecule has 0 heteroatoms. The van der Waals surface area contributed by atoms with Gasteiger partial charge in [0.2, 0.25) is 0 Å². The topological polar surface area (TPSA) is 0 Å². The van der Waals surface area contributed by atoms with Crippen molar-refractivity contribution in [3.05, 3.63) is 0 Å². The minimum atomic E-state index is 0.988. The maximum atomic E-state index is 2.60. The van der Waals surface area contributed by atoms with Gasteiger partial charge in [-0.2, -0.15) is 0 Å². The van der Waals surface area contributed by atoms with E-state index in [2.05, 4.69) is 27.7 Å². The van der Waals surface area contributed by atoms with Crippen molar-refractivity contribution in [2.24, 2.45) is 47.3 Å². The van der Waals surface area contributed by atoms with Crippen LogP contribution in [-0.4, -0.2) is 0 Å². The van der Waals surface area contributed by atoms with Gasteiger partial charge in [0, 0.05) is 0 Å². The molecule has 3 aliphatic carbocycles. The highest BCUT2D eigenvalue weighted by Gasteiger charge is 2.38. The van der Waals surface area contributed by atoms with Crippen molar-refractivity contribution >= 4 is 0 Å². The molecular weight excluding hydrogens is 264 g/mol. The second-order valence-electron chi connectivity index (χ2n) is 9.91. The fraction of sp³-hybridized carbons (Fsp3) is 1.00. The first-order valence-electron chi connectivity index (χ1n) is 10.5. The van der Waals surface area contributed by atoms with Gasteiger partial charge in [-0.3, -0.25) is 0 Å². The first kappa shape index (κ1) is 16.8. The van der Waals surface area contributed by atoms with Gasteiger partial charge in [-0.05, 0) is 98.7 Å². The molecule has 0 N–H and O–H groups in total. The van der Waals surface area contributed by atoms with Crippen molar-refractivity contribution in [2.75, 3.05) is 0 Å². The van der Waals surface area contributed by atoms with Gasteiger partial charge in [0.25, 0.3) is 0 Å². The average molecular weight is 305 g/mol. The first-order chi connectivity index (χ1) is 10.5. The van der Waals surface area contributed by atoms with Crippen LogP contribution in [0.3, 0.4) is 0 Å². The van der Waals surface area contributed by atoms with E-state index in [4.69, 9.17) is 0 Å². The fourth-order valence-corrected chi connectivity index (χ4v) is 6.70. The summed E-state index contributed by atoms with van der Waals surface area (Å²) in [6.45, 7) is 10.1. The molecule has 3 rings (SSSR count). The summed E-state index contributed by atoms with van der Waals surface area (Å²) in [7, 11) is 0. The molecule has 128 valence electrons. The van der Waals surface area contributed by atoms with E-state index >= 15 is 0 Å². The van der Waals surface area contributed by atoms with Crippen LogP contribution in [0, 0.1) is 47.3 Å². The van der Waals surface area contributed by atoms with Crippen LogP contribution in [0.5, 0.6) is 0 Å². The smallest absolute Gasteiger partial charge is 0.0360 e. The van der Waals surface area contributed by atoms with Gasteiger partial charge in [-0.15, -0.1) is 0 Å². The molecule has 0 aromatic carbocycles. The molecule has 0 saturated heterocycles. The predicted octanol–water partition coefficient (Wildman–Crippen LogP) is 6.94. The second-order valence-corrected chi connectivity index (χ2v) is 9.91. The van der Waals surface area contributed by atoms with Crippen LogP contribution in [0.2, 0.25) is 0 Å². The summed E-state index contributed by atoms with van der Waals surface area (Å²) in [6.07, 6.45) is 15.3. The lowest BCUT2D eigenvalue weighted by molar-refractivity contribution is 0.0547. The molecule has 5 atom stereocenters. The SMILES string of the molecule is CC1CCC(C2CCC(C3CC(C)CC(C)C3)CC2C)CC1. The van der Waals surface area contributed by atoms with E-state index in [0.29, 0.717) is 0 Å². The summed E-state index contributed by atoms with van der Waals surface area (Å²) in [4.78, 5) is 0. The fourth-order valence-electron chi connectivity index (χ4n) is 6.70. The zero-order chi connectivity index (χ0) is 15.7. The summed E-state index contributed by atoms with van der Waals surface area (Å²) in [5, 5.41) is 0. The van der Waals surface area contributed by atoms with Crippen LogP contribution in [0.25, 0.3) is 0 Å². The largest absolute Gasteiger partial charge is 0.0625 e. The molecule has 0 spiro atoms. The molecule has 0 heterocycles. The van der Waals surface area contributed by atoms with E-state index in [1.807, 2.05) is 0 Å². The molecule has 5 unspecified atom stereocenters. The molecule has 0 nitrogen and oxygen atoms in total. The van der Waals surface area contributed by atoms with Crippen LogP contribution >= 0.6 is 0 Å². The average Bonchev–Trinajstić information content (AvgIpc) is 2.47. The van der Waals surface area contributed by atoms with Crippen molar-refractivity contribution in [1.82, 2.24) is 0 Å². The molecule has 0 aromatic rings. The van der Waals surface area contributed by atoms with Gasteiger partial charge in [-0.1, -0.05) is 40.5 Å². The van der Waals surface area contributed by atoms with Gasteiger partial charge >= 0.3 is 0 Å². The summed E-state index contributed by atoms with van der Waals surface area (Å²) < 4.78 is 0. The Morgan fingerprint density at radius 2 is 1.05 bits per heavy atom. The van der Waals surface area contributed by atoms with Crippen molar-refractivity contribution in [1.29, 1.82) is 0 Å². The summed E-state index contributed by atoms with van der Waals surface area (Å²) in [5.41, 5.74) is 0. The number of hydrogen-bond donors (Lipinski definition) is 0. The lowest BCUT2D eigenvalue weighted by Gasteiger charge is -2.45. The highest BCUT2D eigenvalue weighted by Crippen LogP contribution is 2.48. The first-order valence-corrected chi connectivity index (χ1v) is 10.5. The lowest BCUT2D eigenvalue weighted by Crippen LogP contribution is -2.35. The molecule has 3 fully saturated rings. The molecule has 0 radical (unpaired) electrons. The third-order valence-electron chi connectivity index (χ3n) is 7.82. The van der Waals surface area contributed by atoms with Crippen LogP contribution < -0.4 is 0 Å². The van der Waals surface area contributed by atoms with Crippen molar-refractivity contribution in [3.63, 3.8) is 0 Å². The van der Waals surface area contributed by atoms with E-state index in [0.717, 1.165) is 47.3 Å². The molecule has 0 aromatic heterocycles. The maximum Gasteiger partial charge on any atom is -0.0360 e. The minimum absolute atomic E-state index is 0.988. The Morgan fingerprint density at radius 3 is 1.64 bits per heavy atom. The van der Waals surface area contributed by atoms with Crippen LogP contribution in [-0.2, 0) is 0 Å². The maximum absolute atomic E-state index is 2.60. The van der Waals surface area contributed by atoms with Crippen molar-refractivity contribution in [2.45, 2.75) is 91.9 Å². The zero-order valence-electron chi connectivity index (χ0n) is 15.7. The highest BCUT2D eigenvalue weighted by molar-refractivity contribution is 4.89. The molecule has 22 heavy (non-hydrogen) atoms. The van der Waals surface area contributed by atoms with Crippen LogP contribution in [0.4, 0.5) is 0 Å². The Bertz CT molecular complexity index is 328. The normalized spacial score (nSPS) is 50.7. The molecule has 0 bridgehead atoms. The van der Waals surface area contributed by atoms with Gasteiger partial charge < -0.3 is 0 Å². The predicted molar refractivity (Wildman–Crippen MR) is 96.8 cm³/mol. The van der Waals surface area contributed by atoms with E-state index < -0.39 is 0 Å². The van der Waals surface area contributed by atoms with E-state index in [1.54, 1.807) is 32.1 Å². The Labute approximate surface area is 139 Å². The Kier molecular flexibility index (Phi) is 5.56. The van der Waals surface area contributed by atoms with Gasteiger partial charge in [-0.25, -0.2) is 0 Å². The highest BCUT2D eigenvalue weighted by atomic mass is 14.4. The van der Waals surface area contributed by atoms with Crippen LogP contribution in [0.1, 0.15) is 91.9 Å².